The summed E-state index contributed by atoms with van der Waals surface area (Å²) >= 11 is 0. The van der Waals surface area contributed by atoms with Crippen molar-refractivity contribution in [3.05, 3.63) is 29.6 Å². The van der Waals surface area contributed by atoms with Gasteiger partial charge in [0.2, 0.25) is 5.91 Å². The molecule has 108 valence electrons. The second-order valence-corrected chi connectivity index (χ2v) is 6.14. The summed E-state index contributed by atoms with van der Waals surface area (Å²) in [4.78, 5) is 12.8. The fraction of sp³-hybridized carbons (Fsp3) is 0.562. The molecule has 1 aliphatic heterocycles. The molecule has 2 N–H and O–H groups in total. The van der Waals surface area contributed by atoms with E-state index in [1.54, 1.807) is 6.07 Å². The Bertz CT molecular complexity index is 531. The number of carbonyl (C=O) groups excluding carboxylic acids is 1. The largest absolute Gasteiger partial charge is 0.325 e. The van der Waals surface area contributed by atoms with E-state index in [0.717, 1.165) is 43.6 Å². The van der Waals surface area contributed by atoms with Gasteiger partial charge in [-0.05, 0) is 56.0 Å². The fourth-order valence-corrected chi connectivity index (χ4v) is 3.70. The first-order valence-electron chi connectivity index (χ1n) is 7.40. The van der Waals surface area contributed by atoms with E-state index in [4.69, 9.17) is 0 Å². The number of hydrogen-bond donors (Lipinski definition) is 2. The van der Waals surface area contributed by atoms with Crippen LogP contribution in [0.15, 0.2) is 18.2 Å². The van der Waals surface area contributed by atoms with Gasteiger partial charge < -0.3 is 10.6 Å². The fourth-order valence-electron chi connectivity index (χ4n) is 3.70. The highest BCUT2D eigenvalue weighted by atomic mass is 19.1. The van der Waals surface area contributed by atoms with Crippen molar-refractivity contribution >= 4 is 11.6 Å². The van der Waals surface area contributed by atoms with Crippen LogP contribution in [-0.4, -0.2) is 19.0 Å². The molecule has 1 aliphatic carbocycles. The number of halogens is 1. The lowest BCUT2D eigenvalue weighted by Gasteiger charge is -2.37. The summed E-state index contributed by atoms with van der Waals surface area (Å²) in [6.45, 7) is 3.53. The standard InChI is InChI=1S/C16H21FN2O/c1-11-8-13(17)5-6-14(11)19-15(20)16-7-3-2-4-12(16)9-18-10-16/h5-6,8,12,18H,2-4,7,9-10H2,1H3,(H,19,20)/t12-,16+/m0/s1. The predicted molar refractivity (Wildman–Crippen MR) is 77.0 cm³/mol. The smallest absolute Gasteiger partial charge is 0.232 e. The SMILES string of the molecule is Cc1cc(F)ccc1NC(=O)[C@@]12CCCC[C@H]1CNC2. The van der Waals surface area contributed by atoms with E-state index in [9.17, 15) is 9.18 Å². The first-order valence-corrected chi connectivity index (χ1v) is 7.40. The van der Waals surface area contributed by atoms with Crippen molar-refractivity contribution in [2.75, 3.05) is 18.4 Å². The van der Waals surface area contributed by atoms with Gasteiger partial charge in [-0.3, -0.25) is 4.79 Å². The number of nitrogens with one attached hydrogen (secondary N) is 2. The van der Waals surface area contributed by atoms with Crippen LogP contribution in [0, 0.1) is 24.1 Å². The minimum atomic E-state index is -0.267. The second-order valence-electron chi connectivity index (χ2n) is 6.14. The number of hydrogen-bond acceptors (Lipinski definition) is 2. The third-order valence-electron chi connectivity index (χ3n) is 4.93. The zero-order chi connectivity index (χ0) is 14.2. The minimum Gasteiger partial charge on any atom is -0.325 e. The van der Waals surface area contributed by atoms with Gasteiger partial charge in [0.15, 0.2) is 0 Å². The van der Waals surface area contributed by atoms with Crippen molar-refractivity contribution in [1.82, 2.24) is 5.32 Å². The van der Waals surface area contributed by atoms with Gasteiger partial charge in [0, 0.05) is 12.2 Å². The van der Waals surface area contributed by atoms with Crippen LogP contribution >= 0.6 is 0 Å². The second kappa shape index (κ2) is 5.17. The molecule has 20 heavy (non-hydrogen) atoms. The maximum absolute atomic E-state index is 13.1. The molecule has 1 heterocycles. The highest BCUT2D eigenvalue weighted by molar-refractivity contribution is 5.96. The molecule has 3 nitrogen and oxygen atoms in total. The Balaban J connectivity index is 1.81. The van der Waals surface area contributed by atoms with Gasteiger partial charge in [-0.2, -0.15) is 0 Å². The lowest BCUT2D eigenvalue weighted by atomic mass is 9.67. The molecule has 0 spiro atoms. The lowest BCUT2D eigenvalue weighted by Crippen LogP contribution is -2.44. The highest BCUT2D eigenvalue weighted by Gasteiger charge is 2.49. The molecule has 0 aromatic heterocycles. The molecule has 1 saturated carbocycles. The maximum Gasteiger partial charge on any atom is 0.232 e. The Morgan fingerprint density at radius 1 is 1.45 bits per heavy atom. The Morgan fingerprint density at radius 2 is 2.30 bits per heavy atom. The summed E-state index contributed by atoms with van der Waals surface area (Å²) in [5.74, 6) is 0.274. The van der Waals surface area contributed by atoms with Gasteiger partial charge >= 0.3 is 0 Å². The molecule has 0 radical (unpaired) electrons. The van der Waals surface area contributed by atoms with Gasteiger partial charge in [-0.25, -0.2) is 4.39 Å². The van der Waals surface area contributed by atoms with Crippen molar-refractivity contribution in [2.24, 2.45) is 11.3 Å². The molecule has 4 heteroatoms. The number of rotatable bonds is 2. The molecule has 1 aromatic carbocycles. The van der Waals surface area contributed by atoms with Crippen molar-refractivity contribution in [3.8, 4) is 0 Å². The van der Waals surface area contributed by atoms with Crippen LogP contribution in [-0.2, 0) is 4.79 Å². The Hall–Kier alpha value is -1.42. The van der Waals surface area contributed by atoms with Gasteiger partial charge in [0.1, 0.15) is 5.82 Å². The van der Waals surface area contributed by atoms with Crippen LogP contribution in [0.1, 0.15) is 31.2 Å². The van der Waals surface area contributed by atoms with Gasteiger partial charge in [-0.1, -0.05) is 12.8 Å². The van der Waals surface area contributed by atoms with E-state index in [1.165, 1.54) is 18.6 Å². The lowest BCUT2D eigenvalue weighted by molar-refractivity contribution is -0.128. The zero-order valence-electron chi connectivity index (χ0n) is 11.8. The molecule has 1 aromatic rings. The quantitative estimate of drug-likeness (QED) is 0.872. The summed E-state index contributed by atoms with van der Waals surface area (Å²) in [6.07, 6.45) is 4.42. The van der Waals surface area contributed by atoms with Crippen molar-refractivity contribution in [3.63, 3.8) is 0 Å². The number of amides is 1. The first kappa shape index (κ1) is 13.6. The molecule has 2 aliphatic rings. The number of carbonyl (C=O) groups is 1. The van der Waals surface area contributed by atoms with Crippen LogP contribution in [0.25, 0.3) is 0 Å². The molecular weight excluding hydrogens is 255 g/mol. The Labute approximate surface area is 118 Å². The summed E-state index contributed by atoms with van der Waals surface area (Å²) in [5, 5.41) is 6.40. The van der Waals surface area contributed by atoms with Crippen molar-refractivity contribution in [1.29, 1.82) is 0 Å². The number of aryl methyl sites for hydroxylation is 1. The van der Waals surface area contributed by atoms with E-state index in [1.807, 2.05) is 6.92 Å². The first-order chi connectivity index (χ1) is 9.62. The zero-order valence-corrected chi connectivity index (χ0v) is 11.8. The van der Waals surface area contributed by atoms with E-state index in [2.05, 4.69) is 10.6 Å². The van der Waals surface area contributed by atoms with Crippen molar-refractivity contribution in [2.45, 2.75) is 32.6 Å². The van der Waals surface area contributed by atoms with E-state index >= 15 is 0 Å². The van der Waals surface area contributed by atoms with E-state index in [0.29, 0.717) is 5.92 Å². The topological polar surface area (TPSA) is 41.1 Å². The maximum atomic E-state index is 13.1. The van der Waals surface area contributed by atoms with Crippen molar-refractivity contribution < 1.29 is 9.18 Å². The Morgan fingerprint density at radius 3 is 3.10 bits per heavy atom. The van der Waals surface area contributed by atoms with E-state index < -0.39 is 0 Å². The van der Waals surface area contributed by atoms with Crippen LogP contribution in [0.5, 0.6) is 0 Å². The molecule has 1 amide bonds. The van der Waals surface area contributed by atoms with E-state index in [-0.39, 0.29) is 17.1 Å². The van der Waals surface area contributed by atoms with Crippen LogP contribution in [0.3, 0.4) is 0 Å². The summed E-state index contributed by atoms with van der Waals surface area (Å²) in [7, 11) is 0. The average Bonchev–Trinajstić information content (AvgIpc) is 2.87. The molecular formula is C16H21FN2O. The number of benzene rings is 1. The summed E-state index contributed by atoms with van der Waals surface area (Å²) in [5.41, 5.74) is 1.23. The summed E-state index contributed by atoms with van der Waals surface area (Å²) in [6, 6.07) is 4.50. The van der Waals surface area contributed by atoms with Crippen LogP contribution in [0.4, 0.5) is 10.1 Å². The van der Waals surface area contributed by atoms with Gasteiger partial charge in [0.05, 0.1) is 5.41 Å². The molecule has 2 atom stereocenters. The molecule has 2 fully saturated rings. The normalized spacial score (nSPS) is 29.0. The van der Waals surface area contributed by atoms with Crippen LogP contribution < -0.4 is 10.6 Å². The van der Waals surface area contributed by atoms with Crippen LogP contribution in [0.2, 0.25) is 0 Å². The number of anilines is 1. The third kappa shape index (κ3) is 2.22. The van der Waals surface area contributed by atoms with Gasteiger partial charge in [0.25, 0.3) is 0 Å². The predicted octanol–water partition coefficient (Wildman–Crippen LogP) is 2.85. The average molecular weight is 276 g/mol. The minimum absolute atomic E-state index is 0.0990. The molecule has 0 bridgehead atoms. The molecule has 3 rings (SSSR count). The molecule has 1 saturated heterocycles. The molecule has 0 unspecified atom stereocenters. The third-order valence-corrected chi connectivity index (χ3v) is 4.93. The Kier molecular flexibility index (Phi) is 3.50. The number of fused-ring (bicyclic) bond motifs is 1. The van der Waals surface area contributed by atoms with Gasteiger partial charge in [-0.15, -0.1) is 0 Å². The monoisotopic (exact) mass is 276 g/mol. The summed E-state index contributed by atoms with van der Waals surface area (Å²) < 4.78 is 13.1. The highest BCUT2D eigenvalue weighted by Crippen LogP contribution is 2.44.